The van der Waals surface area contributed by atoms with E-state index in [1.54, 1.807) is 25.4 Å². The molecular formula is C18H13N3O4. The Balaban J connectivity index is 1.76. The van der Waals surface area contributed by atoms with Crippen LogP contribution in [0.25, 0.3) is 27.9 Å². The Hall–Kier alpha value is -3.61. The molecule has 0 saturated carbocycles. The van der Waals surface area contributed by atoms with Gasteiger partial charge in [-0.1, -0.05) is 5.21 Å². The number of fused-ring (bicyclic) bond motifs is 1. The zero-order chi connectivity index (χ0) is 17.4. The third-order valence-corrected chi connectivity index (χ3v) is 3.83. The smallest absolute Gasteiger partial charge is 0.362 e. The van der Waals surface area contributed by atoms with Crippen LogP contribution < -0.4 is 10.4 Å². The highest BCUT2D eigenvalue weighted by Crippen LogP contribution is 2.22. The van der Waals surface area contributed by atoms with Gasteiger partial charge in [-0.15, -0.1) is 5.10 Å². The number of nitrogens with zero attached hydrogens (tertiary/aromatic N) is 3. The number of aromatic hydroxyl groups is 1. The second-order valence-corrected chi connectivity index (χ2v) is 5.42. The van der Waals surface area contributed by atoms with Crippen molar-refractivity contribution in [3.8, 4) is 28.4 Å². The van der Waals surface area contributed by atoms with Gasteiger partial charge in [0.25, 0.3) is 0 Å². The maximum atomic E-state index is 12.2. The van der Waals surface area contributed by atoms with Gasteiger partial charge in [0.1, 0.15) is 22.8 Å². The second-order valence-electron chi connectivity index (χ2n) is 5.42. The number of hydrogen-bond acceptors (Lipinski definition) is 6. The Morgan fingerprint density at radius 2 is 1.92 bits per heavy atom. The summed E-state index contributed by atoms with van der Waals surface area (Å²) in [5.74, 6) is 0.778. The van der Waals surface area contributed by atoms with Crippen molar-refractivity contribution in [2.75, 3.05) is 7.11 Å². The summed E-state index contributed by atoms with van der Waals surface area (Å²) >= 11 is 0. The lowest BCUT2D eigenvalue weighted by atomic mass is 10.1. The molecule has 0 unspecified atom stereocenters. The van der Waals surface area contributed by atoms with Crippen LogP contribution in [0.15, 0.2) is 63.9 Å². The summed E-state index contributed by atoms with van der Waals surface area (Å²) < 4.78 is 11.8. The van der Waals surface area contributed by atoms with Gasteiger partial charge in [-0.25, -0.2) is 9.48 Å². The fourth-order valence-electron chi connectivity index (χ4n) is 2.52. The first-order valence-corrected chi connectivity index (χ1v) is 7.48. The molecule has 0 atom stereocenters. The van der Waals surface area contributed by atoms with E-state index in [2.05, 4.69) is 10.3 Å². The first kappa shape index (κ1) is 14.9. The number of methoxy groups -OCH3 is 1. The van der Waals surface area contributed by atoms with Gasteiger partial charge in [0.15, 0.2) is 5.69 Å². The molecule has 7 heteroatoms. The molecule has 1 N–H and O–H groups in total. The molecule has 0 fully saturated rings. The molecule has 4 rings (SSSR count). The van der Waals surface area contributed by atoms with E-state index in [4.69, 9.17) is 9.15 Å². The molecule has 0 aliphatic heterocycles. The van der Waals surface area contributed by atoms with E-state index >= 15 is 0 Å². The number of phenolic OH excluding ortho intramolecular Hbond substituents is 1. The van der Waals surface area contributed by atoms with Gasteiger partial charge >= 0.3 is 5.63 Å². The number of aromatic nitrogens is 3. The van der Waals surface area contributed by atoms with Crippen molar-refractivity contribution in [3.05, 3.63) is 65.1 Å². The quantitative estimate of drug-likeness (QED) is 0.579. The Bertz CT molecular complexity index is 1110. The average Bonchev–Trinajstić information content (AvgIpc) is 3.11. The van der Waals surface area contributed by atoms with Crippen molar-refractivity contribution < 1.29 is 14.3 Å². The highest BCUT2D eigenvalue weighted by Gasteiger charge is 2.11. The lowest BCUT2D eigenvalue weighted by Crippen LogP contribution is -2.10. The number of ether oxygens (including phenoxy) is 1. The predicted octanol–water partition coefficient (Wildman–Crippen LogP) is 2.75. The fourth-order valence-corrected chi connectivity index (χ4v) is 2.52. The van der Waals surface area contributed by atoms with E-state index in [9.17, 15) is 9.90 Å². The molecule has 124 valence electrons. The normalized spacial score (nSPS) is 10.9. The van der Waals surface area contributed by atoms with Crippen LogP contribution in [-0.2, 0) is 0 Å². The van der Waals surface area contributed by atoms with E-state index in [1.807, 2.05) is 24.3 Å². The molecule has 2 aromatic carbocycles. The monoisotopic (exact) mass is 335 g/mol. The van der Waals surface area contributed by atoms with Gasteiger partial charge in [-0.3, -0.25) is 0 Å². The number of hydrogen-bond donors (Lipinski definition) is 1. The summed E-state index contributed by atoms with van der Waals surface area (Å²) in [7, 11) is 1.60. The van der Waals surface area contributed by atoms with E-state index in [0.717, 1.165) is 11.3 Å². The van der Waals surface area contributed by atoms with Crippen LogP contribution in [0, 0.1) is 0 Å². The Kier molecular flexibility index (Phi) is 3.46. The zero-order valence-electron chi connectivity index (χ0n) is 13.2. The Labute approximate surface area is 141 Å². The standard InChI is InChI=1S/C18H13N3O4/c1-24-14-6-3-11(4-7-14)15-10-21(20-19-15)16-8-12-2-5-13(22)9-17(12)25-18(16)23/h2-10,22H,1H3. The van der Waals surface area contributed by atoms with Crippen molar-refractivity contribution in [1.29, 1.82) is 0 Å². The summed E-state index contributed by atoms with van der Waals surface area (Å²) in [6, 6.07) is 13.6. The van der Waals surface area contributed by atoms with Crippen molar-refractivity contribution in [1.82, 2.24) is 15.0 Å². The van der Waals surface area contributed by atoms with Crippen LogP contribution in [0.4, 0.5) is 0 Å². The summed E-state index contributed by atoms with van der Waals surface area (Å²) in [5, 5.41) is 18.3. The first-order chi connectivity index (χ1) is 12.1. The summed E-state index contributed by atoms with van der Waals surface area (Å²) in [4.78, 5) is 12.2. The molecule has 0 aliphatic rings. The molecule has 4 aromatic rings. The van der Waals surface area contributed by atoms with E-state index < -0.39 is 5.63 Å². The van der Waals surface area contributed by atoms with Crippen LogP contribution >= 0.6 is 0 Å². The van der Waals surface area contributed by atoms with Gasteiger partial charge in [0, 0.05) is 17.0 Å². The minimum atomic E-state index is -0.565. The third kappa shape index (κ3) is 2.72. The molecule has 0 aliphatic carbocycles. The van der Waals surface area contributed by atoms with Crippen molar-refractivity contribution >= 4 is 11.0 Å². The Morgan fingerprint density at radius 1 is 1.12 bits per heavy atom. The van der Waals surface area contributed by atoms with Crippen molar-refractivity contribution in [2.24, 2.45) is 0 Å². The lowest BCUT2D eigenvalue weighted by molar-refractivity contribution is 0.415. The zero-order valence-corrected chi connectivity index (χ0v) is 13.2. The molecule has 0 spiro atoms. The Morgan fingerprint density at radius 3 is 2.68 bits per heavy atom. The van der Waals surface area contributed by atoms with Gasteiger partial charge in [0.05, 0.1) is 13.3 Å². The van der Waals surface area contributed by atoms with Crippen LogP contribution in [-0.4, -0.2) is 27.2 Å². The molecule has 2 aromatic heterocycles. The van der Waals surface area contributed by atoms with Crippen LogP contribution in [0.1, 0.15) is 0 Å². The first-order valence-electron chi connectivity index (χ1n) is 7.48. The van der Waals surface area contributed by atoms with Crippen LogP contribution in [0.2, 0.25) is 0 Å². The van der Waals surface area contributed by atoms with Gasteiger partial charge in [-0.05, 0) is 42.5 Å². The molecule has 0 radical (unpaired) electrons. The fraction of sp³-hybridized carbons (Fsp3) is 0.0556. The molecule has 0 saturated heterocycles. The topological polar surface area (TPSA) is 90.4 Å². The average molecular weight is 335 g/mol. The third-order valence-electron chi connectivity index (χ3n) is 3.83. The lowest BCUT2D eigenvalue weighted by Gasteiger charge is -2.02. The molecular weight excluding hydrogens is 322 g/mol. The van der Waals surface area contributed by atoms with Gasteiger partial charge in [0.2, 0.25) is 0 Å². The van der Waals surface area contributed by atoms with Gasteiger partial charge < -0.3 is 14.3 Å². The maximum Gasteiger partial charge on any atom is 0.362 e. The highest BCUT2D eigenvalue weighted by atomic mass is 16.5. The minimum absolute atomic E-state index is 0.0333. The van der Waals surface area contributed by atoms with Crippen molar-refractivity contribution in [2.45, 2.75) is 0 Å². The van der Waals surface area contributed by atoms with E-state index in [0.29, 0.717) is 16.7 Å². The maximum absolute atomic E-state index is 12.2. The number of phenols is 1. The van der Waals surface area contributed by atoms with Crippen LogP contribution in [0.3, 0.4) is 0 Å². The number of benzene rings is 2. The van der Waals surface area contributed by atoms with E-state index in [1.165, 1.54) is 16.8 Å². The second kappa shape index (κ2) is 5.79. The summed E-state index contributed by atoms with van der Waals surface area (Å²) in [5.41, 5.74) is 1.45. The molecule has 7 nitrogen and oxygen atoms in total. The highest BCUT2D eigenvalue weighted by molar-refractivity contribution is 5.79. The summed E-state index contributed by atoms with van der Waals surface area (Å²) in [6.45, 7) is 0. The van der Waals surface area contributed by atoms with E-state index in [-0.39, 0.29) is 11.4 Å². The predicted molar refractivity (Wildman–Crippen MR) is 91.1 cm³/mol. The summed E-state index contributed by atoms with van der Waals surface area (Å²) in [6.07, 6.45) is 1.65. The molecule has 25 heavy (non-hydrogen) atoms. The molecule has 2 heterocycles. The van der Waals surface area contributed by atoms with Gasteiger partial charge in [-0.2, -0.15) is 0 Å². The number of rotatable bonds is 3. The largest absolute Gasteiger partial charge is 0.508 e. The van der Waals surface area contributed by atoms with Crippen molar-refractivity contribution in [3.63, 3.8) is 0 Å². The molecule has 0 amide bonds. The SMILES string of the molecule is COc1ccc(-c2cn(-c3cc4ccc(O)cc4oc3=O)nn2)cc1. The minimum Gasteiger partial charge on any atom is -0.508 e. The molecule has 0 bridgehead atoms. The van der Waals surface area contributed by atoms with Crippen LogP contribution in [0.5, 0.6) is 11.5 Å².